The van der Waals surface area contributed by atoms with Crippen LogP contribution in [-0.4, -0.2) is 11.7 Å². The summed E-state index contributed by atoms with van der Waals surface area (Å²) in [6, 6.07) is 6.48. The van der Waals surface area contributed by atoms with Crippen molar-refractivity contribution >= 4 is 0 Å². The van der Waals surface area contributed by atoms with Crippen LogP contribution in [0.15, 0.2) is 24.3 Å². The van der Waals surface area contributed by atoms with E-state index in [0.717, 1.165) is 12.0 Å². The Hall–Kier alpha value is -0.890. The zero-order chi connectivity index (χ0) is 10.6. The van der Waals surface area contributed by atoms with E-state index >= 15 is 0 Å². The largest absolute Gasteiger partial charge is 0.396 e. The van der Waals surface area contributed by atoms with E-state index in [9.17, 15) is 4.39 Å². The van der Waals surface area contributed by atoms with Crippen molar-refractivity contribution in [3.63, 3.8) is 0 Å². The third-order valence-electron chi connectivity index (χ3n) is 2.59. The van der Waals surface area contributed by atoms with Crippen molar-refractivity contribution in [3.05, 3.63) is 35.6 Å². The van der Waals surface area contributed by atoms with Gasteiger partial charge < -0.3 is 5.11 Å². The number of hydrogen-bond donors (Lipinski definition) is 1. The molecule has 0 heterocycles. The Balaban J connectivity index is 2.63. The second-order valence-corrected chi connectivity index (χ2v) is 4.02. The van der Waals surface area contributed by atoms with Gasteiger partial charge in [0.05, 0.1) is 0 Å². The van der Waals surface area contributed by atoms with Gasteiger partial charge in [-0.25, -0.2) is 4.39 Å². The summed E-state index contributed by atoms with van der Waals surface area (Å²) in [5.74, 6) is 0.504. The highest BCUT2D eigenvalue weighted by molar-refractivity contribution is 5.16. The fraction of sp³-hybridized carbons (Fsp3) is 0.500. The first-order chi connectivity index (χ1) is 6.63. The van der Waals surface area contributed by atoms with Crippen molar-refractivity contribution in [3.8, 4) is 0 Å². The highest BCUT2D eigenvalue weighted by atomic mass is 19.1. The Morgan fingerprint density at radius 1 is 1.21 bits per heavy atom. The van der Waals surface area contributed by atoms with Crippen LogP contribution in [0, 0.1) is 17.7 Å². The van der Waals surface area contributed by atoms with Crippen LogP contribution in [0.4, 0.5) is 4.39 Å². The van der Waals surface area contributed by atoms with E-state index in [1.54, 1.807) is 12.1 Å². The molecule has 1 nitrogen and oxygen atoms in total. The average Bonchev–Trinajstić information content (AvgIpc) is 2.16. The highest BCUT2D eigenvalue weighted by Gasteiger charge is 2.12. The molecule has 0 bridgehead atoms. The second-order valence-electron chi connectivity index (χ2n) is 4.02. The zero-order valence-corrected chi connectivity index (χ0v) is 8.70. The van der Waals surface area contributed by atoms with Crippen molar-refractivity contribution in [2.75, 3.05) is 6.61 Å². The number of benzene rings is 1. The molecule has 0 saturated carbocycles. The van der Waals surface area contributed by atoms with E-state index < -0.39 is 0 Å². The summed E-state index contributed by atoms with van der Waals surface area (Å²) < 4.78 is 12.6. The van der Waals surface area contributed by atoms with Crippen LogP contribution in [0.1, 0.15) is 19.4 Å². The molecule has 0 aliphatic rings. The molecule has 0 fully saturated rings. The molecule has 0 aliphatic heterocycles. The lowest BCUT2D eigenvalue weighted by atomic mass is 9.90. The van der Waals surface area contributed by atoms with Gasteiger partial charge in [0.1, 0.15) is 5.82 Å². The third-order valence-corrected chi connectivity index (χ3v) is 2.59. The molecule has 0 radical (unpaired) electrons. The number of aliphatic hydroxyl groups is 1. The minimum atomic E-state index is -0.209. The monoisotopic (exact) mass is 196 g/mol. The first-order valence-electron chi connectivity index (χ1n) is 4.98. The zero-order valence-electron chi connectivity index (χ0n) is 8.70. The van der Waals surface area contributed by atoms with Gasteiger partial charge in [0.15, 0.2) is 0 Å². The van der Waals surface area contributed by atoms with Crippen LogP contribution in [-0.2, 0) is 6.42 Å². The third kappa shape index (κ3) is 3.11. The van der Waals surface area contributed by atoms with Gasteiger partial charge in [-0.05, 0) is 36.0 Å². The summed E-state index contributed by atoms with van der Waals surface area (Å²) in [6.45, 7) is 4.36. The van der Waals surface area contributed by atoms with Gasteiger partial charge in [0.2, 0.25) is 0 Å². The van der Waals surface area contributed by atoms with Crippen molar-refractivity contribution in [1.29, 1.82) is 0 Å². The molecule has 1 N–H and O–H groups in total. The Bertz CT molecular complexity index is 266. The van der Waals surface area contributed by atoms with Crippen LogP contribution in [0.2, 0.25) is 0 Å². The topological polar surface area (TPSA) is 20.2 Å². The van der Waals surface area contributed by atoms with Crippen molar-refractivity contribution in [2.45, 2.75) is 20.3 Å². The van der Waals surface area contributed by atoms with Crippen LogP contribution in [0.25, 0.3) is 0 Å². The van der Waals surface area contributed by atoms with E-state index in [-0.39, 0.29) is 18.3 Å². The maximum Gasteiger partial charge on any atom is 0.123 e. The predicted molar refractivity (Wildman–Crippen MR) is 55.5 cm³/mol. The van der Waals surface area contributed by atoms with Crippen molar-refractivity contribution in [1.82, 2.24) is 0 Å². The number of aliphatic hydroxyl groups excluding tert-OH is 1. The maximum absolute atomic E-state index is 12.6. The quantitative estimate of drug-likeness (QED) is 0.784. The summed E-state index contributed by atoms with van der Waals surface area (Å²) >= 11 is 0. The van der Waals surface area contributed by atoms with Crippen LogP contribution in [0.5, 0.6) is 0 Å². The summed E-state index contributed by atoms with van der Waals surface area (Å²) in [5, 5.41) is 9.14. The molecule has 78 valence electrons. The Morgan fingerprint density at radius 3 is 2.21 bits per heavy atom. The molecule has 1 aromatic rings. The van der Waals surface area contributed by atoms with Crippen LogP contribution >= 0.6 is 0 Å². The average molecular weight is 196 g/mol. The van der Waals surface area contributed by atoms with E-state index in [0.29, 0.717) is 5.92 Å². The summed E-state index contributed by atoms with van der Waals surface area (Å²) in [7, 11) is 0. The lowest BCUT2D eigenvalue weighted by molar-refractivity contribution is 0.189. The number of halogens is 1. The van der Waals surface area contributed by atoms with E-state index in [1.165, 1.54) is 12.1 Å². The smallest absolute Gasteiger partial charge is 0.123 e. The Kier molecular flexibility index (Phi) is 4.08. The van der Waals surface area contributed by atoms with Crippen molar-refractivity contribution < 1.29 is 9.50 Å². The lowest BCUT2D eigenvalue weighted by Gasteiger charge is -2.17. The molecular formula is C12H17FO. The summed E-state index contributed by atoms with van der Waals surface area (Å²) in [4.78, 5) is 0. The van der Waals surface area contributed by atoms with Gasteiger partial charge in [-0.15, -0.1) is 0 Å². The number of rotatable bonds is 4. The molecule has 0 saturated heterocycles. The SMILES string of the molecule is CC(C)C(CO)Cc1ccc(F)cc1. The van der Waals surface area contributed by atoms with Gasteiger partial charge >= 0.3 is 0 Å². The minimum Gasteiger partial charge on any atom is -0.396 e. The Labute approximate surface area is 84.6 Å². The van der Waals surface area contributed by atoms with Gasteiger partial charge in [-0.1, -0.05) is 26.0 Å². The molecule has 0 aliphatic carbocycles. The van der Waals surface area contributed by atoms with E-state index in [2.05, 4.69) is 13.8 Å². The fourth-order valence-electron chi connectivity index (χ4n) is 1.43. The van der Waals surface area contributed by atoms with E-state index in [1.807, 2.05) is 0 Å². The normalized spacial score (nSPS) is 13.2. The molecular weight excluding hydrogens is 179 g/mol. The predicted octanol–water partition coefficient (Wildman–Crippen LogP) is 2.63. The molecule has 1 rings (SSSR count). The van der Waals surface area contributed by atoms with Gasteiger partial charge in [-0.3, -0.25) is 0 Å². The Morgan fingerprint density at radius 2 is 1.79 bits per heavy atom. The molecule has 1 aromatic carbocycles. The first kappa shape index (κ1) is 11.2. The van der Waals surface area contributed by atoms with Gasteiger partial charge in [-0.2, -0.15) is 0 Å². The van der Waals surface area contributed by atoms with Crippen LogP contribution in [0.3, 0.4) is 0 Å². The fourth-order valence-corrected chi connectivity index (χ4v) is 1.43. The summed E-state index contributed by atoms with van der Waals surface area (Å²) in [6.07, 6.45) is 0.814. The van der Waals surface area contributed by atoms with E-state index in [4.69, 9.17) is 5.11 Å². The maximum atomic E-state index is 12.6. The molecule has 2 heteroatoms. The lowest BCUT2D eigenvalue weighted by Crippen LogP contribution is -2.16. The van der Waals surface area contributed by atoms with Crippen molar-refractivity contribution in [2.24, 2.45) is 11.8 Å². The minimum absolute atomic E-state index is 0.190. The molecule has 14 heavy (non-hydrogen) atoms. The molecule has 1 unspecified atom stereocenters. The molecule has 0 spiro atoms. The molecule has 0 amide bonds. The number of hydrogen-bond acceptors (Lipinski definition) is 1. The highest BCUT2D eigenvalue weighted by Crippen LogP contribution is 2.16. The molecule has 0 aromatic heterocycles. The summed E-state index contributed by atoms with van der Waals surface area (Å²) in [5.41, 5.74) is 1.08. The second kappa shape index (κ2) is 5.11. The molecule has 1 atom stereocenters. The first-order valence-corrected chi connectivity index (χ1v) is 4.98. The van der Waals surface area contributed by atoms with Gasteiger partial charge in [0, 0.05) is 6.61 Å². The standard InChI is InChI=1S/C12H17FO/c1-9(2)11(8-14)7-10-3-5-12(13)6-4-10/h3-6,9,11,14H,7-8H2,1-2H3. The van der Waals surface area contributed by atoms with Crippen LogP contribution < -0.4 is 0 Å². The van der Waals surface area contributed by atoms with Gasteiger partial charge in [0.25, 0.3) is 0 Å².